The second-order valence-corrected chi connectivity index (χ2v) is 6.31. The van der Waals surface area contributed by atoms with Crippen LogP contribution in [0.2, 0.25) is 0 Å². The Morgan fingerprint density at radius 1 is 1.33 bits per heavy atom. The summed E-state index contributed by atoms with van der Waals surface area (Å²) in [6, 6.07) is 8.43. The largest absolute Gasteiger partial charge is 0.492 e. The lowest BCUT2D eigenvalue weighted by Gasteiger charge is -2.07. The molecule has 7 nitrogen and oxygen atoms in total. The first kappa shape index (κ1) is 15.2. The molecule has 4 N–H and O–H groups in total. The van der Waals surface area contributed by atoms with Gasteiger partial charge in [0.05, 0.1) is 0 Å². The number of nitrogens with zero attached hydrogens (tertiary/aromatic N) is 1. The van der Waals surface area contributed by atoms with E-state index in [-0.39, 0.29) is 12.4 Å². The Hall–Kier alpha value is -2.22. The van der Waals surface area contributed by atoms with Crippen LogP contribution in [0.5, 0.6) is 5.75 Å². The SMILES string of the molecule is CCc1cc(NS(=O)(=O)CCOc2ccc(N)cc2)n[nH]1. The summed E-state index contributed by atoms with van der Waals surface area (Å²) in [7, 11) is -3.49. The number of nitrogens with one attached hydrogen (secondary N) is 2. The maximum atomic E-state index is 11.9. The van der Waals surface area contributed by atoms with Gasteiger partial charge in [0.25, 0.3) is 0 Å². The molecular weight excluding hydrogens is 292 g/mol. The van der Waals surface area contributed by atoms with E-state index in [1.807, 2.05) is 6.92 Å². The standard InChI is InChI=1S/C13H18N4O3S/c1-2-11-9-13(16-15-11)17-21(18,19)8-7-20-12-5-3-10(14)4-6-12/h3-6,9H,2,7-8,14H2,1H3,(H2,15,16,17). The fourth-order valence-corrected chi connectivity index (χ4v) is 2.47. The summed E-state index contributed by atoms with van der Waals surface area (Å²) in [5.41, 5.74) is 7.05. The number of rotatable bonds is 7. The number of aromatic nitrogens is 2. The second-order valence-electron chi connectivity index (χ2n) is 4.47. The minimum absolute atomic E-state index is 0.0459. The molecule has 1 aromatic heterocycles. The van der Waals surface area contributed by atoms with Crippen LogP contribution in [0, 0.1) is 0 Å². The lowest BCUT2D eigenvalue weighted by Crippen LogP contribution is -2.21. The highest BCUT2D eigenvalue weighted by molar-refractivity contribution is 7.92. The van der Waals surface area contributed by atoms with E-state index < -0.39 is 10.0 Å². The molecule has 0 saturated carbocycles. The van der Waals surface area contributed by atoms with Crippen LogP contribution in [-0.2, 0) is 16.4 Å². The van der Waals surface area contributed by atoms with E-state index in [0.29, 0.717) is 17.3 Å². The van der Waals surface area contributed by atoms with Gasteiger partial charge in [0.1, 0.15) is 18.1 Å². The highest BCUT2D eigenvalue weighted by Gasteiger charge is 2.12. The third-order valence-electron chi connectivity index (χ3n) is 2.77. The summed E-state index contributed by atoms with van der Waals surface area (Å²) in [4.78, 5) is 0. The smallest absolute Gasteiger partial charge is 0.237 e. The van der Waals surface area contributed by atoms with E-state index in [1.165, 1.54) is 0 Å². The lowest BCUT2D eigenvalue weighted by atomic mass is 10.3. The van der Waals surface area contributed by atoms with Gasteiger partial charge in [-0.2, -0.15) is 5.10 Å². The monoisotopic (exact) mass is 310 g/mol. The number of hydrogen-bond acceptors (Lipinski definition) is 5. The fourth-order valence-electron chi connectivity index (χ4n) is 1.64. The molecule has 114 valence electrons. The Morgan fingerprint density at radius 3 is 2.67 bits per heavy atom. The Balaban J connectivity index is 1.85. The number of H-pyrrole nitrogens is 1. The van der Waals surface area contributed by atoms with Gasteiger partial charge >= 0.3 is 0 Å². The van der Waals surface area contributed by atoms with Crippen LogP contribution in [0.15, 0.2) is 30.3 Å². The van der Waals surface area contributed by atoms with Crippen molar-refractivity contribution in [2.75, 3.05) is 22.8 Å². The summed E-state index contributed by atoms with van der Waals surface area (Å²) in [5, 5.41) is 6.62. The van der Waals surface area contributed by atoms with Gasteiger partial charge in [-0.25, -0.2) is 8.42 Å². The summed E-state index contributed by atoms with van der Waals surface area (Å²) in [6.07, 6.45) is 0.759. The van der Waals surface area contributed by atoms with Gasteiger partial charge < -0.3 is 10.5 Å². The van der Waals surface area contributed by atoms with Crippen molar-refractivity contribution in [3.05, 3.63) is 36.0 Å². The number of hydrogen-bond donors (Lipinski definition) is 3. The predicted molar refractivity (Wildman–Crippen MR) is 81.7 cm³/mol. The zero-order chi connectivity index (χ0) is 15.3. The quantitative estimate of drug-likeness (QED) is 0.669. The summed E-state index contributed by atoms with van der Waals surface area (Å²) in [6.45, 7) is 2.00. The topological polar surface area (TPSA) is 110 Å². The van der Waals surface area contributed by atoms with Crippen molar-refractivity contribution in [2.45, 2.75) is 13.3 Å². The maximum absolute atomic E-state index is 11.9. The number of nitrogen functional groups attached to an aromatic ring is 1. The van der Waals surface area contributed by atoms with Crippen molar-refractivity contribution < 1.29 is 13.2 Å². The van der Waals surface area contributed by atoms with Crippen molar-refractivity contribution in [3.63, 3.8) is 0 Å². The van der Waals surface area contributed by atoms with Crippen LogP contribution in [0.25, 0.3) is 0 Å². The predicted octanol–water partition coefficient (Wildman–Crippen LogP) is 1.38. The van der Waals surface area contributed by atoms with Gasteiger partial charge in [-0.1, -0.05) is 6.92 Å². The van der Waals surface area contributed by atoms with E-state index in [4.69, 9.17) is 10.5 Å². The van der Waals surface area contributed by atoms with Crippen LogP contribution in [-0.4, -0.2) is 31.0 Å². The molecule has 0 unspecified atom stereocenters. The second kappa shape index (κ2) is 6.49. The molecule has 0 fully saturated rings. The van der Waals surface area contributed by atoms with Crippen molar-refractivity contribution in [1.82, 2.24) is 10.2 Å². The fraction of sp³-hybridized carbons (Fsp3) is 0.308. The number of sulfonamides is 1. The van der Waals surface area contributed by atoms with Gasteiger partial charge in [0.15, 0.2) is 5.82 Å². The third kappa shape index (κ3) is 4.67. The van der Waals surface area contributed by atoms with E-state index in [0.717, 1.165) is 12.1 Å². The first-order valence-electron chi connectivity index (χ1n) is 6.51. The van der Waals surface area contributed by atoms with Gasteiger partial charge in [-0.3, -0.25) is 9.82 Å². The number of nitrogens with two attached hydrogens (primary N) is 1. The molecule has 1 heterocycles. The average molecular weight is 310 g/mol. The van der Waals surface area contributed by atoms with Crippen molar-refractivity contribution >= 4 is 21.5 Å². The van der Waals surface area contributed by atoms with E-state index in [1.54, 1.807) is 30.3 Å². The third-order valence-corrected chi connectivity index (χ3v) is 4.00. The molecule has 0 amide bonds. The molecule has 2 aromatic rings. The van der Waals surface area contributed by atoms with Crippen molar-refractivity contribution in [3.8, 4) is 5.75 Å². The Kier molecular flexibility index (Phi) is 4.69. The van der Waals surface area contributed by atoms with Gasteiger partial charge in [0.2, 0.25) is 10.0 Å². The number of benzene rings is 1. The zero-order valence-electron chi connectivity index (χ0n) is 11.7. The molecule has 0 atom stereocenters. The minimum atomic E-state index is -3.49. The molecule has 0 aliphatic heterocycles. The van der Waals surface area contributed by atoms with Crippen molar-refractivity contribution in [2.24, 2.45) is 0 Å². The van der Waals surface area contributed by atoms with Crippen LogP contribution in [0.3, 0.4) is 0 Å². The van der Waals surface area contributed by atoms with Crippen LogP contribution >= 0.6 is 0 Å². The summed E-state index contributed by atoms with van der Waals surface area (Å²) >= 11 is 0. The van der Waals surface area contributed by atoms with Crippen LogP contribution in [0.1, 0.15) is 12.6 Å². The number of anilines is 2. The Morgan fingerprint density at radius 2 is 2.05 bits per heavy atom. The molecule has 0 spiro atoms. The van der Waals surface area contributed by atoms with E-state index >= 15 is 0 Å². The highest BCUT2D eigenvalue weighted by Crippen LogP contribution is 2.13. The molecule has 2 rings (SSSR count). The van der Waals surface area contributed by atoms with Gasteiger partial charge in [-0.05, 0) is 30.7 Å². The maximum Gasteiger partial charge on any atom is 0.237 e. The zero-order valence-corrected chi connectivity index (χ0v) is 12.5. The molecule has 0 aliphatic carbocycles. The normalized spacial score (nSPS) is 11.3. The van der Waals surface area contributed by atoms with Crippen molar-refractivity contribution in [1.29, 1.82) is 0 Å². The number of ether oxygens (including phenoxy) is 1. The molecule has 0 bridgehead atoms. The van der Waals surface area contributed by atoms with Gasteiger partial charge in [0, 0.05) is 17.4 Å². The first-order chi connectivity index (χ1) is 9.98. The summed E-state index contributed by atoms with van der Waals surface area (Å²) < 4.78 is 31.5. The van der Waals surface area contributed by atoms with E-state index in [9.17, 15) is 8.42 Å². The van der Waals surface area contributed by atoms with Gasteiger partial charge in [-0.15, -0.1) is 0 Å². The molecular formula is C13H18N4O3S. The molecule has 8 heteroatoms. The van der Waals surface area contributed by atoms with Crippen LogP contribution in [0.4, 0.5) is 11.5 Å². The Bertz CT molecular complexity index is 680. The summed E-state index contributed by atoms with van der Waals surface area (Å²) in [5.74, 6) is 0.706. The number of aromatic amines is 1. The van der Waals surface area contributed by atoms with E-state index in [2.05, 4.69) is 14.9 Å². The van der Waals surface area contributed by atoms with Crippen LogP contribution < -0.4 is 15.2 Å². The molecule has 0 aliphatic rings. The molecule has 0 radical (unpaired) electrons. The molecule has 21 heavy (non-hydrogen) atoms. The average Bonchev–Trinajstić information content (AvgIpc) is 2.87. The highest BCUT2D eigenvalue weighted by atomic mass is 32.2. The molecule has 0 saturated heterocycles. The first-order valence-corrected chi connectivity index (χ1v) is 8.17. The Labute approximate surface area is 123 Å². The minimum Gasteiger partial charge on any atom is -0.492 e. The lowest BCUT2D eigenvalue weighted by molar-refractivity contribution is 0.341. The number of aryl methyl sites for hydroxylation is 1. The molecule has 1 aromatic carbocycles.